The zero-order chi connectivity index (χ0) is 14.5. The summed E-state index contributed by atoms with van der Waals surface area (Å²) in [6, 6.07) is 6.05. The molecule has 1 aromatic carbocycles. The van der Waals surface area contributed by atoms with Gasteiger partial charge in [-0.15, -0.1) is 0 Å². The molecule has 1 aliphatic rings. The molecule has 0 radical (unpaired) electrons. The van der Waals surface area contributed by atoms with Crippen LogP contribution in [-0.4, -0.2) is 25.0 Å². The minimum absolute atomic E-state index is 0.0832. The van der Waals surface area contributed by atoms with E-state index in [1.165, 1.54) is 25.7 Å². The van der Waals surface area contributed by atoms with Crippen molar-refractivity contribution in [1.82, 2.24) is 10.2 Å². The van der Waals surface area contributed by atoms with Crippen molar-refractivity contribution in [3.05, 3.63) is 35.1 Å². The molecule has 20 heavy (non-hydrogen) atoms. The number of hydrogen-bond acceptors (Lipinski definition) is 2. The summed E-state index contributed by atoms with van der Waals surface area (Å²) in [5, 5.41) is 3.12. The summed E-state index contributed by atoms with van der Waals surface area (Å²) in [6.07, 6.45) is 5.20. The van der Waals surface area contributed by atoms with Gasteiger partial charge in [0.1, 0.15) is 5.82 Å². The maximum absolute atomic E-state index is 14.0. The summed E-state index contributed by atoms with van der Waals surface area (Å²) in [5.74, 6) is 0.637. The van der Waals surface area contributed by atoms with E-state index < -0.39 is 0 Å². The Labute approximate surface area is 122 Å². The average Bonchev–Trinajstić information content (AvgIpc) is 2.43. The van der Waals surface area contributed by atoms with Gasteiger partial charge in [0.25, 0.3) is 0 Å². The third kappa shape index (κ3) is 3.80. The Balaban J connectivity index is 2.06. The Hall–Kier alpha value is -0.930. The Bertz CT molecular complexity index is 433. The van der Waals surface area contributed by atoms with E-state index in [1.54, 1.807) is 6.07 Å². The first-order valence-electron chi connectivity index (χ1n) is 7.74. The number of benzene rings is 1. The summed E-state index contributed by atoms with van der Waals surface area (Å²) in [5.41, 5.74) is 1.96. The number of halogens is 1. The number of rotatable bonds is 5. The zero-order valence-corrected chi connectivity index (χ0v) is 13.0. The second-order valence-electron chi connectivity index (χ2n) is 6.20. The molecule has 0 bridgehead atoms. The molecule has 1 fully saturated rings. The second kappa shape index (κ2) is 7.19. The van der Waals surface area contributed by atoms with Crippen LogP contribution < -0.4 is 5.32 Å². The van der Waals surface area contributed by atoms with Crippen LogP contribution in [0.2, 0.25) is 0 Å². The Kier molecular flexibility index (Phi) is 5.55. The fourth-order valence-electron chi connectivity index (χ4n) is 3.40. The Morgan fingerprint density at radius 2 is 2.05 bits per heavy atom. The van der Waals surface area contributed by atoms with E-state index in [-0.39, 0.29) is 5.82 Å². The topological polar surface area (TPSA) is 15.3 Å². The maximum atomic E-state index is 14.0. The van der Waals surface area contributed by atoms with E-state index in [1.807, 2.05) is 19.2 Å². The second-order valence-corrected chi connectivity index (χ2v) is 6.20. The fraction of sp³-hybridized carbons (Fsp3) is 0.647. The van der Waals surface area contributed by atoms with Gasteiger partial charge in [-0.25, -0.2) is 4.39 Å². The van der Waals surface area contributed by atoms with Crippen molar-refractivity contribution in [1.29, 1.82) is 0 Å². The lowest BCUT2D eigenvalue weighted by Gasteiger charge is -2.36. The van der Waals surface area contributed by atoms with Crippen LogP contribution in [-0.2, 0) is 13.1 Å². The van der Waals surface area contributed by atoms with Crippen LogP contribution in [0.3, 0.4) is 0 Å². The molecule has 2 atom stereocenters. The van der Waals surface area contributed by atoms with Gasteiger partial charge in [-0.1, -0.05) is 31.9 Å². The zero-order valence-electron chi connectivity index (χ0n) is 13.0. The molecule has 112 valence electrons. The highest BCUT2D eigenvalue weighted by Crippen LogP contribution is 2.28. The van der Waals surface area contributed by atoms with Crippen molar-refractivity contribution in [2.75, 3.05) is 14.1 Å². The SMILES string of the molecule is CNCc1ccc(F)c(CN(C)C2CCCCC2C)c1. The Morgan fingerprint density at radius 3 is 2.75 bits per heavy atom. The molecule has 0 heterocycles. The molecular formula is C17H27FN2. The van der Waals surface area contributed by atoms with E-state index in [0.29, 0.717) is 12.6 Å². The normalized spacial score (nSPS) is 23.2. The van der Waals surface area contributed by atoms with Crippen LogP contribution in [0.25, 0.3) is 0 Å². The summed E-state index contributed by atoms with van der Waals surface area (Å²) < 4.78 is 14.0. The lowest BCUT2D eigenvalue weighted by atomic mass is 9.85. The quantitative estimate of drug-likeness (QED) is 0.886. The van der Waals surface area contributed by atoms with Crippen LogP contribution in [0.4, 0.5) is 4.39 Å². The molecule has 1 saturated carbocycles. The highest BCUT2D eigenvalue weighted by Gasteiger charge is 2.25. The van der Waals surface area contributed by atoms with E-state index in [4.69, 9.17) is 0 Å². The van der Waals surface area contributed by atoms with Gasteiger partial charge in [-0.2, -0.15) is 0 Å². The molecule has 1 aromatic rings. The van der Waals surface area contributed by atoms with Crippen molar-refractivity contribution in [2.24, 2.45) is 5.92 Å². The molecule has 0 aromatic heterocycles. The first kappa shape index (κ1) is 15.5. The van der Waals surface area contributed by atoms with Crippen LogP contribution >= 0.6 is 0 Å². The lowest BCUT2D eigenvalue weighted by molar-refractivity contribution is 0.132. The molecule has 2 unspecified atom stereocenters. The van der Waals surface area contributed by atoms with Crippen LogP contribution in [0, 0.1) is 11.7 Å². The summed E-state index contributed by atoms with van der Waals surface area (Å²) >= 11 is 0. The average molecular weight is 278 g/mol. The van der Waals surface area contributed by atoms with E-state index >= 15 is 0 Å². The molecule has 3 heteroatoms. The Morgan fingerprint density at radius 1 is 1.30 bits per heavy atom. The number of nitrogens with zero attached hydrogens (tertiary/aromatic N) is 1. The smallest absolute Gasteiger partial charge is 0.127 e. The standard InChI is InChI=1S/C17H27FN2/c1-13-6-4-5-7-17(13)20(3)12-15-10-14(11-19-2)8-9-16(15)18/h8-10,13,17,19H,4-7,11-12H2,1-3H3. The van der Waals surface area contributed by atoms with Crippen molar-refractivity contribution >= 4 is 0 Å². The van der Waals surface area contributed by atoms with Gasteiger partial charge < -0.3 is 5.32 Å². The van der Waals surface area contributed by atoms with Crippen LogP contribution in [0.5, 0.6) is 0 Å². The van der Waals surface area contributed by atoms with Crippen molar-refractivity contribution in [3.63, 3.8) is 0 Å². The predicted molar refractivity (Wildman–Crippen MR) is 82.1 cm³/mol. The maximum Gasteiger partial charge on any atom is 0.127 e. The molecular weight excluding hydrogens is 251 g/mol. The van der Waals surface area contributed by atoms with Crippen molar-refractivity contribution in [2.45, 2.75) is 51.7 Å². The molecule has 0 aliphatic heterocycles. The fourth-order valence-corrected chi connectivity index (χ4v) is 3.40. The van der Waals surface area contributed by atoms with Gasteiger partial charge in [0.2, 0.25) is 0 Å². The first-order valence-corrected chi connectivity index (χ1v) is 7.74. The number of hydrogen-bond donors (Lipinski definition) is 1. The highest BCUT2D eigenvalue weighted by molar-refractivity contribution is 5.25. The highest BCUT2D eigenvalue weighted by atomic mass is 19.1. The van der Waals surface area contributed by atoms with Crippen LogP contribution in [0.15, 0.2) is 18.2 Å². The van der Waals surface area contributed by atoms with Crippen LogP contribution in [0.1, 0.15) is 43.7 Å². The summed E-state index contributed by atoms with van der Waals surface area (Å²) in [4.78, 5) is 2.34. The third-order valence-corrected chi connectivity index (χ3v) is 4.54. The minimum Gasteiger partial charge on any atom is -0.316 e. The monoisotopic (exact) mass is 278 g/mol. The van der Waals surface area contributed by atoms with Crippen molar-refractivity contribution < 1.29 is 4.39 Å². The van der Waals surface area contributed by atoms with Gasteiger partial charge in [-0.05, 0) is 44.5 Å². The summed E-state index contributed by atoms with van der Waals surface area (Å²) in [6.45, 7) is 3.82. The van der Waals surface area contributed by atoms with Gasteiger partial charge in [0, 0.05) is 24.7 Å². The first-order chi connectivity index (χ1) is 9.61. The summed E-state index contributed by atoms with van der Waals surface area (Å²) in [7, 11) is 4.05. The molecule has 1 N–H and O–H groups in total. The number of nitrogens with one attached hydrogen (secondary N) is 1. The minimum atomic E-state index is -0.0832. The molecule has 2 nitrogen and oxygen atoms in total. The largest absolute Gasteiger partial charge is 0.316 e. The molecule has 1 aliphatic carbocycles. The van der Waals surface area contributed by atoms with E-state index in [9.17, 15) is 4.39 Å². The van der Waals surface area contributed by atoms with Crippen molar-refractivity contribution in [3.8, 4) is 0 Å². The third-order valence-electron chi connectivity index (χ3n) is 4.54. The lowest BCUT2D eigenvalue weighted by Crippen LogP contribution is -2.38. The molecule has 0 amide bonds. The predicted octanol–water partition coefficient (Wildman–Crippen LogP) is 3.56. The molecule has 0 saturated heterocycles. The molecule has 0 spiro atoms. The van der Waals surface area contributed by atoms with E-state index in [0.717, 1.165) is 23.6 Å². The molecule has 2 rings (SSSR count). The van der Waals surface area contributed by atoms with Gasteiger partial charge in [0.05, 0.1) is 0 Å². The van der Waals surface area contributed by atoms with Gasteiger partial charge >= 0.3 is 0 Å². The van der Waals surface area contributed by atoms with E-state index in [2.05, 4.69) is 24.2 Å². The van der Waals surface area contributed by atoms with Gasteiger partial charge in [-0.3, -0.25) is 4.90 Å². The van der Waals surface area contributed by atoms with Gasteiger partial charge in [0.15, 0.2) is 0 Å².